The number of amides is 2. The fraction of sp³-hybridized carbons (Fsp3) is 0.600. The van der Waals surface area contributed by atoms with Crippen LogP contribution in [0.3, 0.4) is 0 Å². The molecule has 0 fully saturated rings. The highest BCUT2D eigenvalue weighted by Gasteiger charge is 2.61. The van der Waals surface area contributed by atoms with Crippen molar-refractivity contribution in [2.75, 3.05) is 0 Å². The van der Waals surface area contributed by atoms with Crippen LogP contribution in [0.2, 0.25) is 0 Å². The van der Waals surface area contributed by atoms with E-state index >= 15 is 0 Å². The van der Waals surface area contributed by atoms with Crippen LogP contribution >= 0.6 is 7.60 Å². The minimum absolute atomic E-state index is 1.81. The van der Waals surface area contributed by atoms with Crippen molar-refractivity contribution in [2.45, 2.75) is 17.1 Å². The van der Waals surface area contributed by atoms with E-state index in [9.17, 15) is 24.4 Å². The molecule has 0 radical (unpaired) electrons. The summed E-state index contributed by atoms with van der Waals surface area (Å²) in [5.74, 6) is -3.62. The van der Waals surface area contributed by atoms with Crippen LogP contribution in [0.4, 0.5) is 0 Å². The average Bonchev–Trinajstić information content (AvgIpc) is 1.98. The normalized spacial score (nSPS) is 21.1. The highest BCUT2D eigenvalue weighted by atomic mass is 31.2. The maximum atomic E-state index is 11.0. The molecular weight excluding hydrogens is 259 g/mol. The summed E-state index contributed by atoms with van der Waals surface area (Å²) in [7, 11) is -5.48. The Morgan fingerprint density at radius 1 is 1.00 bits per heavy atom. The van der Waals surface area contributed by atoms with Gasteiger partial charge in [-0.3, -0.25) is 25.6 Å². The Balaban J connectivity index is 5.89. The van der Waals surface area contributed by atoms with E-state index in [0.29, 0.717) is 0 Å². The summed E-state index contributed by atoms with van der Waals surface area (Å²) in [6, 6.07) is 0. The molecule has 0 aromatic carbocycles. The number of primary amides is 2. The second-order valence-corrected chi connectivity index (χ2v) is 5.07. The number of hydrogen-bond donors (Lipinski definition) is 8. The third-order valence-electron chi connectivity index (χ3n) is 1.96. The van der Waals surface area contributed by atoms with Gasteiger partial charge in [0.2, 0.25) is 11.4 Å². The number of carbonyl (C=O) groups is 2. The smallest absolute Gasteiger partial charge is 0.338 e. The van der Waals surface area contributed by atoms with E-state index in [2.05, 4.69) is 11.5 Å². The van der Waals surface area contributed by atoms with Crippen molar-refractivity contribution in [3.05, 3.63) is 0 Å². The van der Waals surface area contributed by atoms with Crippen molar-refractivity contribution in [3.8, 4) is 0 Å². The molecule has 11 nitrogen and oxygen atoms in total. The summed E-state index contributed by atoms with van der Waals surface area (Å²) in [5, 5.41) is 18.7. The maximum absolute atomic E-state index is 11.0. The summed E-state index contributed by atoms with van der Waals surface area (Å²) in [5.41, 5.74) is 9.12. The van der Waals surface area contributed by atoms with Crippen LogP contribution in [-0.2, 0) is 14.2 Å². The van der Waals surface area contributed by atoms with Gasteiger partial charge in [0.1, 0.15) is 0 Å². The molecule has 0 aromatic heterocycles. The number of hydrogen-bond acceptors (Lipinski definition) is 7. The van der Waals surface area contributed by atoms with E-state index in [1.165, 1.54) is 0 Å². The summed E-state index contributed by atoms with van der Waals surface area (Å²) in [6.07, 6.45) is 0. The van der Waals surface area contributed by atoms with E-state index in [1.54, 1.807) is 0 Å². The van der Waals surface area contributed by atoms with Gasteiger partial charge in [0.05, 0.1) is 0 Å². The van der Waals surface area contributed by atoms with Crippen LogP contribution in [0.15, 0.2) is 0 Å². The Bertz CT molecular complexity index is 362. The van der Waals surface area contributed by atoms with Gasteiger partial charge in [-0.2, -0.15) is 0 Å². The molecule has 12 heteroatoms. The predicted octanol–water partition coefficient (Wildman–Crippen LogP) is -5.20. The molecule has 0 heterocycles. The molecule has 0 saturated carbocycles. The first-order chi connectivity index (χ1) is 7.25. The average molecular weight is 272 g/mol. The zero-order chi connectivity index (χ0) is 14.2. The van der Waals surface area contributed by atoms with Crippen molar-refractivity contribution in [1.82, 2.24) is 0 Å². The van der Waals surface area contributed by atoms with Crippen molar-refractivity contribution >= 4 is 19.4 Å². The van der Waals surface area contributed by atoms with Gasteiger partial charge in [-0.15, -0.1) is 0 Å². The molecule has 0 spiro atoms. The molecule has 2 amide bonds. The number of rotatable bonds is 5. The van der Waals surface area contributed by atoms with Crippen molar-refractivity contribution in [2.24, 2.45) is 22.9 Å². The molecule has 0 rings (SSSR count). The third-order valence-corrected chi connectivity index (χ3v) is 3.42. The lowest BCUT2D eigenvalue weighted by Crippen LogP contribution is -2.73. The van der Waals surface area contributed by atoms with Gasteiger partial charge >= 0.3 is 7.60 Å². The quantitative estimate of drug-likeness (QED) is 0.176. The van der Waals surface area contributed by atoms with Gasteiger partial charge in [0.25, 0.3) is 11.8 Å². The van der Waals surface area contributed by atoms with Crippen LogP contribution in [0, 0.1) is 0 Å². The van der Waals surface area contributed by atoms with E-state index in [0.717, 1.165) is 0 Å². The zero-order valence-corrected chi connectivity index (χ0v) is 9.24. The zero-order valence-electron chi connectivity index (χ0n) is 8.35. The molecule has 2 atom stereocenters. The molecule has 0 aliphatic rings. The monoisotopic (exact) mass is 272 g/mol. The molecule has 0 aromatic rings. The molecule has 0 saturated heterocycles. The second kappa shape index (κ2) is 4.31. The predicted molar refractivity (Wildman–Crippen MR) is 52.5 cm³/mol. The minimum Gasteiger partial charge on any atom is -0.367 e. The summed E-state index contributed by atoms with van der Waals surface area (Å²) in [4.78, 5) is 39.3. The lowest BCUT2D eigenvalue weighted by Gasteiger charge is -2.37. The highest BCUT2D eigenvalue weighted by molar-refractivity contribution is 7.53. The van der Waals surface area contributed by atoms with E-state index in [4.69, 9.17) is 21.3 Å². The SMILES string of the molecule is NC(=O)C(N)(O)C(C(N)(O)C(N)=O)P(=O)(O)O. The Hall–Kier alpha value is -1.07. The van der Waals surface area contributed by atoms with Crippen LogP contribution in [0.1, 0.15) is 0 Å². The third kappa shape index (κ3) is 2.98. The molecule has 0 aliphatic carbocycles. The Morgan fingerprint density at radius 3 is 1.35 bits per heavy atom. The lowest BCUT2D eigenvalue weighted by molar-refractivity contribution is -0.151. The van der Waals surface area contributed by atoms with Gasteiger partial charge in [0, 0.05) is 0 Å². The summed E-state index contributed by atoms with van der Waals surface area (Å²) >= 11 is 0. The molecule has 17 heavy (non-hydrogen) atoms. The van der Waals surface area contributed by atoms with Crippen LogP contribution in [0.25, 0.3) is 0 Å². The molecule has 12 N–H and O–H groups in total. The number of aliphatic hydroxyl groups is 2. The van der Waals surface area contributed by atoms with Gasteiger partial charge in [-0.05, 0) is 0 Å². The Labute approximate surface area is 94.5 Å². The molecular formula is C5H13N4O7P. The van der Waals surface area contributed by atoms with Crippen molar-refractivity contribution in [1.29, 1.82) is 0 Å². The number of carbonyl (C=O) groups excluding carboxylic acids is 2. The van der Waals surface area contributed by atoms with Gasteiger partial charge in [0.15, 0.2) is 5.66 Å². The first-order valence-corrected chi connectivity index (χ1v) is 5.61. The molecule has 2 unspecified atom stereocenters. The van der Waals surface area contributed by atoms with E-state index < -0.39 is 36.5 Å². The van der Waals surface area contributed by atoms with Gasteiger partial charge in [-0.25, -0.2) is 0 Å². The fourth-order valence-electron chi connectivity index (χ4n) is 1.12. The van der Waals surface area contributed by atoms with Crippen molar-refractivity contribution in [3.63, 3.8) is 0 Å². The molecule has 100 valence electrons. The lowest BCUT2D eigenvalue weighted by atomic mass is 9.99. The maximum Gasteiger partial charge on any atom is 0.338 e. The second-order valence-electron chi connectivity index (χ2n) is 3.37. The highest BCUT2D eigenvalue weighted by Crippen LogP contribution is 2.48. The summed E-state index contributed by atoms with van der Waals surface area (Å²) < 4.78 is 11.0. The Morgan fingerprint density at radius 2 is 1.24 bits per heavy atom. The largest absolute Gasteiger partial charge is 0.367 e. The van der Waals surface area contributed by atoms with Gasteiger partial charge < -0.3 is 31.5 Å². The fourth-order valence-corrected chi connectivity index (χ4v) is 2.40. The summed E-state index contributed by atoms with van der Waals surface area (Å²) in [6.45, 7) is 0. The van der Waals surface area contributed by atoms with Crippen LogP contribution in [-0.4, -0.2) is 48.9 Å². The van der Waals surface area contributed by atoms with Crippen LogP contribution < -0.4 is 22.9 Å². The van der Waals surface area contributed by atoms with Crippen LogP contribution in [0.5, 0.6) is 0 Å². The van der Waals surface area contributed by atoms with Gasteiger partial charge in [-0.1, -0.05) is 0 Å². The van der Waals surface area contributed by atoms with E-state index in [-0.39, 0.29) is 0 Å². The minimum atomic E-state index is -5.48. The van der Waals surface area contributed by atoms with Crippen molar-refractivity contribution < 1.29 is 34.2 Å². The van der Waals surface area contributed by atoms with E-state index in [1.807, 2.05) is 0 Å². The Kier molecular flexibility index (Phi) is 4.04. The molecule has 0 aliphatic heterocycles. The first kappa shape index (κ1) is 15.9. The first-order valence-electron chi connectivity index (χ1n) is 3.93. The number of nitrogens with two attached hydrogens (primary N) is 4. The molecule has 0 bridgehead atoms. The standard InChI is InChI=1S/C5H13N4O7P/c6-2(10)4(8,12)1(17(14,15)16)5(9,13)3(7)11/h1,12-13H,8-9H2,(H2,6,10)(H2,7,11)(H2,14,15,16). The topological polar surface area (TPSA) is 236 Å².